The first-order valence-corrected chi connectivity index (χ1v) is 24.5. The molecule has 5 aromatic heterocycles. The van der Waals surface area contributed by atoms with E-state index in [4.69, 9.17) is 15.0 Å². The van der Waals surface area contributed by atoms with E-state index < -0.39 is 0 Å². The Morgan fingerprint density at radius 2 is 0.653 bits per heavy atom. The zero-order valence-corrected chi connectivity index (χ0v) is 38.6. The summed E-state index contributed by atoms with van der Waals surface area (Å²) in [7, 11) is 0. The Morgan fingerprint density at radius 1 is 0.236 bits per heavy atom. The van der Waals surface area contributed by atoms with Crippen molar-refractivity contribution in [1.82, 2.24) is 33.2 Å². The minimum atomic E-state index is 0.534. The normalized spacial score (nSPS) is 12.2. The number of hydrogen-bond donors (Lipinski definition) is 0. The highest BCUT2D eigenvalue weighted by molar-refractivity contribution is 6.31. The second kappa shape index (κ2) is 14.8. The van der Waals surface area contributed by atoms with E-state index >= 15 is 0 Å². The molecule has 0 radical (unpaired) electrons. The molecule has 0 atom stereocenters. The minimum absolute atomic E-state index is 0.534. The fourth-order valence-electron chi connectivity index (χ4n) is 12.0. The maximum absolute atomic E-state index is 5.75. The number of para-hydroxylation sites is 4. The highest BCUT2D eigenvalue weighted by atomic mass is 15.3. The molecule has 11 aromatic carbocycles. The molecular formula is C65H39N7. The van der Waals surface area contributed by atoms with Gasteiger partial charge < -0.3 is 9.13 Å². The van der Waals surface area contributed by atoms with E-state index in [1.807, 2.05) is 6.07 Å². The van der Waals surface area contributed by atoms with Gasteiger partial charge in [-0.25, -0.2) is 0 Å². The molecule has 0 saturated heterocycles. The van der Waals surface area contributed by atoms with E-state index in [0.717, 1.165) is 104 Å². The van der Waals surface area contributed by atoms with Crippen LogP contribution in [0.3, 0.4) is 0 Å². The van der Waals surface area contributed by atoms with Gasteiger partial charge in [-0.2, -0.15) is 15.0 Å². The molecular weight excluding hydrogens is 879 g/mol. The molecule has 0 spiro atoms. The Kier molecular flexibility index (Phi) is 8.04. The second-order valence-corrected chi connectivity index (χ2v) is 18.7. The smallest absolute Gasteiger partial charge is 0.240 e. The van der Waals surface area contributed by atoms with Gasteiger partial charge in [0.05, 0.1) is 44.1 Å². The van der Waals surface area contributed by atoms with Crippen molar-refractivity contribution in [3.63, 3.8) is 0 Å². The SMILES string of the molecule is c1ccc(-c2nc(-n3c4ccccc4c4c3ccc3c5ccccc5n(-c5ccccc5)c34)nc(-n3c4c5ccccc5ccc4c4ccc5c(c6ccc7ccccc7c6n5-c5ccccc5)c43)n2)cc1. The van der Waals surface area contributed by atoms with Gasteiger partial charge in [0.15, 0.2) is 5.82 Å². The van der Waals surface area contributed by atoms with Crippen LogP contribution >= 0.6 is 0 Å². The predicted molar refractivity (Wildman–Crippen MR) is 298 cm³/mol. The van der Waals surface area contributed by atoms with E-state index in [-0.39, 0.29) is 0 Å². The van der Waals surface area contributed by atoms with Crippen LogP contribution in [0.4, 0.5) is 0 Å². The first kappa shape index (κ1) is 39.0. The fraction of sp³-hybridized carbons (Fsp3) is 0. The first-order chi connectivity index (χ1) is 35.8. The third kappa shape index (κ3) is 5.36. The van der Waals surface area contributed by atoms with E-state index in [0.29, 0.717) is 17.7 Å². The molecule has 334 valence electrons. The second-order valence-electron chi connectivity index (χ2n) is 18.7. The Labute approximate surface area is 411 Å². The molecule has 5 heterocycles. The van der Waals surface area contributed by atoms with Gasteiger partial charge in [-0.1, -0.05) is 188 Å². The molecule has 0 aliphatic rings. The number of nitrogens with zero attached hydrogens (tertiary/aromatic N) is 7. The van der Waals surface area contributed by atoms with Crippen LogP contribution in [0.2, 0.25) is 0 Å². The topological polar surface area (TPSA) is 58.4 Å². The lowest BCUT2D eigenvalue weighted by molar-refractivity contribution is 0.894. The number of hydrogen-bond acceptors (Lipinski definition) is 3. The Morgan fingerprint density at radius 3 is 1.31 bits per heavy atom. The van der Waals surface area contributed by atoms with Crippen molar-refractivity contribution in [2.45, 2.75) is 0 Å². The molecule has 0 saturated carbocycles. The lowest BCUT2D eigenvalue weighted by Gasteiger charge is -2.14. The van der Waals surface area contributed by atoms with Crippen molar-refractivity contribution >= 4 is 109 Å². The quantitative estimate of drug-likeness (QED) is 0.173. The van der Waals surface area contributed by atoms with E-state index in [1.165, 1.54) is 21.5 Å². The van der Waals surface area contributed by atoms with Crippen LogP contribution in [0.25, 0.3) is 143 Å². The van der Waals surface area contributed by atoms with E-state index in [2.05, 4.69) is 249 Å². The third-order valence-corrected chi connectivity index (χ3v) is 15.0. The summed E-state index contributed by atoms with van der Waals surface area (Å²) < 4.78 is 9.45. The maximum atomic E-state index is 5.75. The van der Waals surface area contributed by atoms with Crippen molar-refractivity contribution in [3.8, 4) is 34.7 Å². The average Bonchev–Trinajstić information content (AvgIpc) is 4.19. The Bertz CT molecular complexity index is 4910. The molecule has 72 heavy (non-hydrogen) atoms. The molecule has 0 aliphatic carbocycles. The highest BCUT2D eigenvalue weighted by Gasteiger charge is 2.27. The van der Waals surface area contributed by atoms with E-state index in [1.54, 1.807) is 0 Å². The van der Waals surface area contributed by atoms with Gasteiger partial charge in [0.1, 0.15) is 0 Å². The summed E-state index contributed by atoms with van der Waals surface area (Å²) in [6, 6.07) is 84.8. The molecule has 16 rings (SSSR count). The van der Waals surface area contributed by atoms with Crippen LogP contribution in [-0.4, -0.2) is 33.2 Å². The number of benzene rings is 11. The van der Waals surface area contributed by atoms with Crippen LogP contribution in [0.15, 0.2) is 237 Å². The van der Waals surface area contributed by atoms with Crippen LogP contribution in [0.1, 0.15) is 0 Å². The molecule has 16 aromatic rings. The lowest BCUT2D eigenvalue weighted by atomic mass is 10.0. The molecule has 7 heteroatoms. The van der Waals surface area contributed by atoms with Crippen LogP contribution in [-0.2, 0) is 0 Å². The van der Waals surface area contributed by atoms with Gasteiger partial charge in [0, 0.05) is 70.8 Å². The zero-order chi connectivity index (χ0) is 47.0. The molecule has 0 bridgehead atoms. The summed E-state index contributed by atoms with van der Waals surface area (Å²) in [6.45, 7) is 0. The largest absolute Gasteiger partial charge is 0.309 e. The summed E-state index contributed by atoms with van der Waals surface area (Å²) >= 11 is 0. The van der Waals surface area contributed by atoms with E-state index in [9.17, 15) is 0 Å². The first-order valence-electron chi connectivity index (χ1n) is 24.5. The van der Waals surface area contributed by atoms with Gasteiger partial charge >= 0.3 is 0 Å². The molecule has 0 aliphatic heterocycles. The van der Waals surface area contributed by atoms with Crippen LogP contribution in [0, 0.1) is 0 Å². The number of aromatic nitrogens is 7. The summed E-state index contributed by atoms with van der Waals surface area (Å²) in [5, 5.41) is 13.8. The van der Waals surface area contributed by atoms with Gasteiger partial charge in [-0.15, -0.1) is 0 Å². The van der Waals surface area contributed by atoms with Crippen molar-refractivity contribution in [1.29, 1.82) is 0 Å². The van der Waals surface area contributed by atoms with Crippen molar-refractivity contribution < 1.29 is 0 Å². The Hall–Kier alpha value is -9.85. The zero-order valence-electron chi connectivity index (χ0n) is 38.6. The van der Waals surface area contributed by atoms with Crippen molar-refractivity contribution in [2.24, 2.45) is 0 Å². The van der Waals surface area contributed by atoms with Crippen molar-refractivity contribution in [3.05, 3.63) is 237 Å². The van der Waals surface area contributed by atoms with Gasteiger partial charge in [0.2, 0.25) is 11.9 Å². The minimum Gasteiger partial charge on any atom is -0.309 e. The van der Waals surface area contributed by atoms with Gasteiger partial charge in [-0.05, 0) is 59.3 Å². The number of rotatable bonds is 5. The fourth-order valence-corrected chi connectivity index (χ4v) is 12.0. The molecule has 0 unspecified atom stereocenters. The predicted octanol–water partition coefficient (Wildman–Crippen LogP) is 16.2. The van der Waals surface area contributed by atoms with Gasteiger partial charge in [-0.3, -0.25) is 9.13 Å². The Balaban J connectivity index is 1.09. The van der Waals surface area contributed by atoms with Crippen LogP contribution in [0.5, 0.6) is 0 Å². The standard InChI is InChI=1S/C65H39N7/c1-4-20-42(21-5-1)63-66-64(71-54-31-17-15-29-51(54)57-56(71)39-36-48-47-28-14-16-30-53(47)69(61(48)57)43-22-6-2-7-23-43)68-65(67-63)72-59-45-26-12-10-18-40(45)32-34-49(59)50-37-38-55-58(62(50)72)52-35-33-41-19-11-13-27-46(41)60(52)70(55)44-24-8-3-9-25-44/h1-39H. The molecule has 0 fully saturated rings. The maximum Gasteiger partial charge on any atom is 0.240 e. The van der Waals surface area contributed by atoms with Crippen LogP contribution < -0.4 is 0 Å². The molecule has 0 amide bonds. The average molecular weight is 918 g/mol. The highest BCUT2D eigenvalue weighted by Crippen LogP contribution is 2.46. The molecule has 7 nitrogen and oxygen atoms in total. The van der Waals surface area contributed by atoms with Gasteiger partial charge in [0.25, 0.3) is 0 Å². The van der Waals surface area contributed by atoms with Crippen molar-refractivity contribution in [2.75, 3.05) is 0 Å². The third-order valence-electron chi connectivity index (χ3n) is 15.0. The lowest BCUT2D eigenvalue weighted by Crippen LogP contribution is -2.10. The summed E-state index contributed by atoms with van der Waals surface area (Å²) in [5.74, 6) is 1.66. The monoisotopic (exact) mass is 917 g/mol. The number of fused-ring (bicyclic) bond motifs is 18. The summed E-state index contributed by atoms with van der Waals surface area (Å²) in [5.41, 5.74) is 11.8. The summed E-state index contributed by atoms with van der Waals surface area (Å²) in [6.07, 6.45) is 0. The molecule has 0 N–H and O–H groups in total. The summed E-state index contributed by atoms with van der Waals surface area (Å²) in [4.78, 5) is 16.8.